The lowest BCUT2D eigenvalue weighted by Gasteiger charge is -2.20. The molecule has 0 bridgehead atoms. The van der Waals surface area contributed by atoms with E-state index in [9.17, 15) is 4.79 Å². The molecule has 0 spiro atoms. The second-order valence-electron chi connectivity index (χ2n) is 5.07. The second-order valence-corrected chi connectivity index (χ2v) is 5.07. The molecule has 1 aliphatic carbocycles. The molecule has 1 fully saturated rings. The number of amidine groups is 1. The molecule has 2 rings (SSSR count). The Morgan fingerprint density at radius 1 is 1.48 bits per heavy atom. The van der Waals surface area contributed by atoms with Gasteiger partial charge in [0, 0.05) is 12.0 Å². The molecule has 0 radical (unpaired) electrons. The molecule has 2 atom stereocenters. The molecular weight excluding hydrogens is 270 g/mol. The number of rotatable bonds is 5. The Bertz CT molecular complexity index is 531. The zero-order valence-corrected chi connectivity index (χ0v) is 12.1. The van der Waals surface area contributed by atoms with Gasteiger partial charge in [-0.3, -0.25) is 4.79 Å². The average molecular weight is 291 g/mol. The van der Waals surface area contributed by atoms with Crippen LogP contribution >= 0.6 is 0 Å². The first-order valence-corrected chi connectivity index (χ1v) is 7.17. The fourth-order valence-electron chi connectivity index (χ4n) is 2.74. The van der Waals surface area contributed by atoms with Crippen LogP contribution in [-0.4, -0.2) is 29.6 Å². The Morgan fingerprint density at radius 3 is 2.95 bits per heavy atom. The Balaban J connectivity index is 2.11. The third kappa shape index (κ3) is 3.45. The molecule has 1 aromatic carbocycles. The van der Waals surface area contributed by atoms with Crippen molar-refractivity contribution in [2.24, 2.45) is 16.8 Å². The highest BCUT2D eigenvalue weighted by atomic mass is 16.5. The van der Waals surface area contributed by atoms with Gasteiger partial charge in [-0.25, -0.2) is 0 Å². The van der Waals surface area contributed by atoms with E-state index in [1.165, 1.54) is 0 Å². The largest absolute Gasteiger partial charge is 0.493 e. The predicted molar refractivity (Wildman–Crippen MR) is 79.6 cm³/mol. The number of oxime groups is 1. The highest BCUT2D eigenvalue weighted by Crippen LogP contribution is 2.27. The lowest BCUT2D eigenvalue weighted by atomic mass is 10.0. The van der Waals surface area contributed by atoms with E-state index in [4.69, 9.17) is 15.7 Å². The van der Waals surface area contributed by atoms with E-state index in [1.54, 1.807) is 18.2 Å². The van der Waals surface area contributed by atoms with Gasteiger partial charge in [-0.15, -0.1) is 0 Å². The van der Waals surface area contributed by atoms with Gasteiger partial charge >= 0.3 is 0 Å². The highest BCUT2D eigenvalue weighted by molar-refractivity contribution is 5.97. The molecule has 0 saturated heterocycles. The van der Waals surface area contributed by atoms with Crippen LogP contribution in [0.1, 0.15) is 36.5 Å². The lowest BCUT2D eigenvalue weighted by molar-refractivity contribution is 0.0929. The topological polar surface area (TPSA) is 96.9 Å². The van der Waals surface area contributed by atoms with Crippen LogP contribution in [0.3, 0.4) is 0 Å². The average Bonchev–Trinajstić information content (AvgIpc) is 2.95. The number of carbonyl (C=O) groups excluding carboxylic acids is 1. The summed E-state index contributed by atoms with van der Waals surface area (Å²) >= 11 is 0. The molecular formula is C15H21N3O3. The van der Waals surface area contributed by atoms with Gasteiger partial charge in [0.05, 0.1) is 12.2 Å². The molecule has 21 heavy (non-hydrogen) atoms. The van der Waals surface area contributed by atoms with Crippen molar-refractivity contribution in [3.63, 3.8) is 0 Å². The molecule has 1 saturated carbocycles. The van der Waals surface area contributed by atoms with Crippen LogP contribution in [0.15, 0.2) is 29.4 Å². The standard InChI is InChI=1S/C15H21N3O3/c1-2-21-13-9-4-3-6-11(13)15(19)17-12-8-5-7-10(12)14(16)18-20/h3-4,6,9-10,12,20H,2,5,7-8H2,1H3,(H2,16,18)(H,17,19). The first-order chi connectivity index (χ1) is 10.2. The summed E-state index contributed by atoms with van der Waals surface area (Å²) in [5, 5.41) is 14.8. The van der Waals surface area contributed by atoms with Gasteiger partial charge in [0.2, 0.25) is 0 Å². The SMILES string of the molecule is CCOc1ccccc1C(=O)NC1CCCC1C(N)=NO. The molecule has 0 heterocycles. The summed E-state index contributed by atoms with van der Waals surface area (Å²) in [5.41, 5.74) is 6.19. The number of nitrogens with two attached hydrogens (primary N) is 1. The lowest BCUT2D eigenvalue weighted by Crippen LogP contribution is -2.42. The molecule has 1 amide bonds. The molecule has 6 heteroatoms. The van der Waals surface area contributed by atoms with Crippen molar-refractivity contribution >= 4 is 11.7 Å². The van der Waals surface area contributed by atoms with Crippen molar-refractivity contribution in [1.29, 1.82) is 0 Å². The Morgan fingerprint density at radius 2 is 2.24 bits per heavy atom. The molecule has 6 nitrogen and oxygen atoms in total. The zero-order valence-electron chi connectivity index (χ0n) is 12.1. The Kier molecular flexibility index (Phi) is 5.03. The quantitative estimate of drug-likeness (QED) is 0.333. The van der Waals surface area contributed by atoms with Crippen molar-refractivity contribution in [2.75, 3.05) is 6.61 Å². The van der Waals surface area contributed by atoms with Crippen LogP contribution in [-0.2, 0) is 0 Å². The molecule has 114 valence electrons. The fraction of sp³-hybridized carbons (Fsp3) is 0.467. The minimum atomic E-state index is -0.193. The van der Waals surface area contributed by atoms with Crippen molar-refractivity contribution in [3.8, 4) is 5.75 Å². The molecule has 0 aromatic heterocycles. The van der Waals surface area contributed by atoms with Gasteiger partial charge in [-0.1, -0.05) is 23.7 Å². The summed E-state index contributed by atoms with van der Waals surface area (Å²) in [6.45, 7) is 2.38. The van der Waals surface area contributed by atoms with Gasteiger partial charge in [0.25, 0.3) is 5.91 Å². The van der Waals surface area contributed by atoms with Gasteiger partial charge in [-0.2, -0.15) is 0 Å². The first-order valence-electron chi connectivity index (χ1n) is 7.17. The zero-order chi connectivity index (χ0) is 15.2. The van der Waals surface area contributed by atoms with E-state index in [2.05, 4.69) is 10.5 Å². The van der Waals surface area contributed by atoms with Crippen LogP contribution in [0, 0.1) is 5.92 Å². The van der Waals surface area contributed by atoms with Crippen molar-refractivity contribution in [2.45, 2.75) is 32.2 Å². The van der Waals surface area contributed by atoms with Gasteiger partial charge in [0.1, 0.15) is 11.6 Å². The van der Waals surface area contributed by atoms with Gasteiger partial charge in [0.15, 0.2) is 0 Å². The maximum Gasteiger partial charge on any atom is 0.255 e. The molecule has 2 unspecified atom stereocenters. The monoisotopic (exact) mass is 291 g/mol. The minimum Gasteiger partial charge on any atom is -0.493 e. The van der Waals surface area contributed by atoms with Crippen LogP contribution in [0.25, 0.3) is 0 Å². The van der Waals surface area contributed by atoms with E-state index in [0.717, 1.165) is 19.3 Å². The van der Waals surface area contributed by atoms with Crippen LogP contribution in [0.4, 0.5) is 0 Å². The molecule has 1 aliphatic rings. The normalized spacial score (nSPS) is 22.0. The van der Waals surface area contributed by atoms with Crippen LogP contribution in [0.5, 0.6) is 5.75 Å². The van der Waals surface area contributed by atoms with Crippen LogP contribution < -0.4 is 15.8 Å². The smallest absolute Gasteiger partial charge is 0.255 e. The van der Waals surface area contributed by atoms with Gasteiger partial charge < -0.3 is 21.0 Å². The second kappa shape index (κ2) is 6.97. The van der Waals surface area contributed by atoms with Gasteiger partial charge in [-0.05, 0) is 31.9 Å². The van der Waals surface area contributed by atoms with Crippen molar-refractivity contribution < 1.29 is 14.7 Å². The van der Waals surface area contributed by atoms with E-state index >= 15 is 0 Å². The third-order valence-corrected chi connectivity index (χ3v) is 3.76. The Labute approximate surface area is 124 Å². The van der Waals surface area contributed by atoms with E-state index < -0.39 is 0 Å². The summed E-state index contributed by atoms with van der Waals surface area (Å²) in [6, 6.07) is 7.02. The van der Waals surface area contributed by atoms with Crippen molar-refractivity contribution in [3.05, 3.63) is 29.8 Å². The molecule has 1 aromatic rings. The number of para-hydroxylation sites is 1. The number of carbonyl (C=O) groups is 1. The molecule has 4 N–H and O–H groups in total. The van der Waals surface area contributed by atoms with Crippen LogP contribution in [0.2, 0.25) is 0 Å². The van der Waals surface area contributed by atoms with E-state index in [-0.39, 0.29) is 23.7 Å². The first kappa shape index (κ1) is 15.2. The Hall–Kier alpha value is -2.24. The summed E-state index contributed by atoms with van der Waals surface area (Å²) in [6.07, 6.45) is 2.58. The maximum atomic E-state index is 12.4. The van der Waals surface area contributed by atoms with E-state index in [1.807, 2.05) is 13.0 Å². The number of hydrogen-bond donors (Lipinski definition) is 3. The van der Waals surface area contributed by atoms with E-state index in [0.29, 0.717) is 17.9 Å². The summed E-state index contributed by atoms with van der Waals surface area (Å²) < 4.78 is 5.47. The summed E-state index contributed by atoms with van der Waals surface area (Å²) in [5.74, 6) is 0.437. The maximum absolute atomic E-state index is 12.4. The number of nitrogens with one attached hydrogen (secondary N) is 1. The summed E-state index contributed by atoms with van der Waals surface area (Å²) in [7, 11) is 0. The number of hydrogen-bond acceptors (Lipinski definition) is 4. The fourth-order valence-corrected chi connectivity index (χ4v) is 2.74. The number of nitrogens with zero attached hydrogens (tertiary/aromatic N) is 1. The minimum absolute atomic E-state index is 0.108. The number of amides is 1. The van der Waals surface area contributed by atoms with Crippen molar-refractivity contribution in [1.82, 2.24) is 5.32 Å². The molecule has 0 aliphatic heterocycles. The number of ether oxygens (including phenoxy) is 1. The summed E-state index contributed by atoms with van der Waals surface area (Å²) in [4.78, 5) is 12.4. The highest BCUT2D eigenvalue weighted by Gasteiger charge is 2.32. The number of benzene rings is 1. The predicted octanol–water partition coefficient (Wildman–Crippen LogP) is 1.73. The third-order valence-electron chi connectivity index (χ3n) is 3.76.